The van der Waals surface area contributed by atoms with E-state index in [1.54, 1.807) is 10.7 Å². The second-order valence-electron chi connectivity index (χ2n) is 9.54. The number of halogens is 2. The number of nitrogens with zero attached hydrogens (tertiary/aromatic N) is 3. The molecule has 2 aromatic heterocycles. The van der Waals surface area contributed by atoms with Crippen LogP contribution in [0.25, 0.3) is 27.7 Å². The summed E-state index contributed by atoms with van der Waals surface area (Å²) in [4.78, 5) is 17.4. The van der Waals surface area contributed by atoms with Crippen LogP contribution >= 0.6 is 27.5 Å². The van der Waals surface area contributed by atoms with Crippen molar-refractivity contribution in [1.82, 2.24) is 19.9 Å². The van der Waals surface area contributed by atoms with Crippen molar-refractivity contribution in [2.24, 2.45) is 0 Å². The third kappa shape index (κ3) is 5.71. The van der Waals surface area contributed by atoms with Gasteiger partial charge in [-0.1, -0.05) is 96.5 Å². The number of hydrogen-bond acceptors (Lipinski definition) is 4. The van der Waals surface area contributed by atoms with Crippen LogP contribution in [0.2, 0.25) is 5.02 Å². The number of anilines is 1. The summed E-state index contributed by atoms with van der Waals surface area (Å²) in [6.07, 6.45) is 2.07. The molecule has 0 spiro atoms. The first kappa shape index (κ1) is 26.0. The van der Waals surface area contributed by atoms with E-state index in [0.29, 0.717) is 30.2 Å². The van der Waals surface area contributed by atoms with Crippen molar-refractivity contribution < 1.29 is 4.79 Å². The molecule has 0 fully saturated rings. The highest BCUT2D eigenvalue weighted by Gasteiger charge is 2.13. The molecule has 2 N–H and O–H groups in total. The summed E-state index contributed by atoms with van der Waals surface area (Å²) in [6.45, 7) is 1.03. The molecule has 0 saturated carbocycles. The number of benzene rings is 4. The summed E-state index contributed by atoms with van der Waals surface area (Å²) >= 11 is 10.0. The van der Waals surface area contributed by atoms with Gasteiger partial charge in [-0.05, 0) is 49.5 Å². The van der Waals surface area contributed by atoms with Crippen molar-refractivity contribution in [2.45, 2.75) is 19.5 Å². The van der Waals surface area contributed by atoms with Crippen LogP contribution in [-0.2, 0) is 24.3 Å². The predicted octanol–water partition coefficient (Wildman–Crippen LogP) is 7.44. The average Bonchev–Trinajstić information content (AvgIpc) is 3.35. The van der Waals surface area contributed by atoms with Gasteiger partial charge < -0.3 is 10.6 Å². The number of nitrogens with one attached hydrogen (secondary N) is 2. The van der Waals surface area contributed by atoms with Gasteiger partial charge in [0.25, 0.3) is 0 Å². The van der Waals surface area contributed by atoms with Crippen molar-refractivity contribution in [3.05, 3.63) is 129 Å². The molecule has 0 unspecified atom stereocenters. The smallest absolute Gasteiger partial charge is 0.224 e. The summed E-state index contributed by atoms with van der Waals surface area (Å²) in [7, 11) is 0. The van der Waals surface area contributed by atoms with E-state index in [1.165, 1.54) is 5.39 Å². The molecule has 0 aliphatic heterocycles. The molecule has 2 heterocycles. The first-order chi connectivity index (χ1) is 19.5. The molecule has 0 aliphatic carbocycles. The van der Waals surface area contributed by atoms with Gasteiger partial charge in [0.2, 0.25) is 5.91 Å². The SMILES string of the molecule is O=C(Cc1ccc2ccccc2c1)NCc1cccc(CNc2cc(-c3ccccc3Cl)nc3c(Br)cnn23)c1. The van der Waals surface area contributed by atoms with E-state index in [0.717, 1.165) is 43.6 Å². The van der Waals surface area contributed by atoms with Gasteiger partial charge in [0, 0.05) is 29.7 Å². The second kappa shape index (κ2) is 11.5. The maximum Gasteiger partial charge on any atom is 0.224 e. The van der Waals surface area contributed by atoms with Gasteiger partial charge in [0.05, 0.1) is 22.8 Å². The third-order valence-electron chi connectivity index (χ3n) is 6.71. The van der Waals surface area contributed by atoms with E-state index in [2.05, 4.69) is 68.1 Å². The Morgan fingerprint density at radius 3 is 2.45 bits per heavy atom. The second-order valence-corrected chi connectivity index (χ2v) is 10.8. The number of aromatic nitrogens is 3. The van der Waals surface area contributed by atoms with Crippen LogP contribution in [-0.4, -0.2) is 20.5 Å². The number of amides is 1. The standard InChI is InChI=1S/C32H25BrClN5O/c33-27-20-37-39-30(17-29(38-32(27)39)26-10-3-4-11-28(26)34)35-18-22-6-5-7-23(14-22)19-36-31(40)16-21-12-13-24-8-1-2-9-25(24)15-21/h1-15,17,20,35H,16,18-19H2,(H,36,40). The number of hydrogen-bond donors (Lipinski definition) is 2. The van der Waals surface area contributed by atoms with Crippen molar-refractivity contribution in [3.63, 3.8) is 0 Å². The zero-order valence-corrected chi connectivity index (χ0v) is 23.8. The lowest BCUT2D eigenvalue weighted by atomic mass is 10.0. The Kier molecular flexibility index (Phi) is 7.49. The Hall–Kier alpha value is -4.20. The molecular weight excluding hydrogens is 586 g/mol. The Labute approximate surface area is 245 Å². The number of carbonyl (C=O) groups is 1. The van der Waals surface area contributed by atoms with Gasteiger partial charge in [-0.3, -0.25) is 4.79 Å². The first-order valence-corrected chi connectivity index (χ1v) is 14.1. The maximum atomic E-state index is 12.7. The molecule has 8 heteroatoms. The summed E-state index contributed by atoms with van der Waals surface area (Å²) < 4.78 is 2.56. The fraction of sp³-hybridized carbons (Fsp3) is 0.0938. The minimum atomic E-state index is -0.00523. The van der Waals surface area contributed by atoms with Gasteiger partial charge in [-0.25, -0.2) is 4.98 Å². The molecule has 0 atom stereocenters. The normalized spacial score (nSPS) is 11.2. The molecule has 6 rings (SSSR count). The van der Waals surface area contributed by atoms with Crippen LogP contribution in [0, 0.1) is 0 Å². The van der Waals surface area contributed by atoms with Gasteiger partial charge in [-0.15, -0.1) is 0 Å². The molecule has 0 bridgehead atoms. The van der Waals surface area contributed by atoms with Crippen molar-refractivity contribution in [1.29, 1.82) is 0 Å². The molecule has 1 amide bonds. The largest absolute Gasteiger partial charge is 0.366 e. The van der Waals surface area contributed by atoms with Gasteiger partial charge in [0.15, 0.2) is 5.65 Å². The highest BCUT2D eigenvalue weighted by molar-refractivity contribution is 9.10. The minimum Gasteiger partial charge on any atom is -0.366 e. The van der Waals surface area contributed by atoms with E-state index >= 15 is 0 Å². The fourth-order valence-electron chi connectivity index (χ4n) is 4.71. The Bertz CT molecular complexity index is 1850. The number of fused-ring (bicyclic) bond motifs is 2. The topological polar surface area (TPSA) is 71.3 Å². The van der Waals surface area contributed by atoms with Crippen LogP contribution in [0.15, 0.2) is 108 Å². The molecular formula is C32H25BrClN5O. The van der Waals surface area contributed by atoms with Crippen LogP contribution in [0.4, 0.5) is 5.82 Å². The third-order valence-corrected chi connectivity index (χ3v) is 7.60. The lowest BCUT2D eigenvalue weighted by molar-refractivity contribution is -0.120. The quantitative estimate of drug-likeness (QED) is 0.188. The Morgan fingerprint density at radius 2 is 1.60 bits per heavy atom. The molecule has 6 aromatic rings. The summed E-state index contributed by atoms with van der Waals surface area (Å²) in [5.74, 6) is 0.786. The first-order valence-electron chi connectivity index (χ1n) is 12.9. The summed E-state index contributed by atoms with van der Waals surface area (Å²) in [5, 5.41) is 14.0. The molecule has 4 aromatic carbocycles. The highest BCUT2D eigenvalue weighted by Crippen LogP contribution is 2.30. The fourth-order valence-corrected chi connectivity index (χ4v) is 5.29. The van der Waals surface area contributed by atoms with Crippen LogP contribution in [0.5, 0.6) is 0 Å². The van der Waals surface area contributed by atoms with Gasteiger partial charge >= 0.3 is 0 Å². The van der Waals surface area contributed by atoms with Crippen molar-refractivity contribution >= 4 is 55.7 Å². The maximum absolute atomic E-state index is 12.7. The van der Waals surface area contributed by atoms with Gasteiger partial charge in [0.1, 0.15) is 5.82 Å². The molecule has 0 aliphatic rings. The minimum absolute atomic E-state index is 0.00523. The van der Waals surface area contributed by atoms with E-state index in [-0.39, 0.29) is 5.91 Å². The lowest BCUT2D eigenvalue weighted by Crippen LogP contribution is -2.24. The zero-order chi connectivity index (χ0) is 27.5. The zero-order valence-electron chi connectivity index (χ0n) is 21.4. The molecule has 198 valence electrons. The summed E-state index contributed by atoms with van der Waals surface area (Å²) in [6, 6.07) is 32.1. The van der Waals surface area contributed by atoms with Crippen LogP contribution < -0.4 is 10.6 Å². The van der Waals surface area contributed by atoms with E-state index < -0.39 is 0 Å². The molecule has 40 heavy (non-hydrogen) atoms. The van der Waals surface area contributed by atoms with Crippen LogP contribution in [0.3, 0.4) is 0 Å². The monoisotopic (exact) mass is 609 g/mol. The Morgan fingerprint density at radius 1 is 0.825 bits per heavy atom. The predicted molar refractivity (Wildman–Crippen MR) is 164 cm³/mol. The van der Waals surface area contributed by atoms with E-state index in [4.69, 9.17) is 16.6 Å². The Balaban J connectivity index is 1.13. The van der Waals surface area contributed by atoms with E-state index in [1.807, 2.05) is 60.7 Å². The molecule has 0 radical (unpaired) electrons. The number of carbonyl (C=O) groups excluding carboxylic acids is 1. The molecule has 6 nitrogen and oxygen atoms in total. The van der Waals surface area contributed by atoms with Crippen LogP contribution in [0.1, 0.15) is 16.7 Å². The van der Waals surface area contributed by atoms with Gasteiger partial charge in [-0.2, -0.15) is 9.61 Å². The lowest BCUT2D eigenvalue weighted by Gasteiger charge is -2.13. The van der Waals surface area contributed by atoms with E-state index in [9.17, 15) is 4.79 Å². The number of rotatable bonds is 8. The highest BCUT2D eigenvalue weighted by atomic mass is 79.9. The molecule has 0 saturated heterocycles. The van der Waals surface area contributed by atoms with Crippen molar-refractivity contribution in [3.8, 4) is 11.3 Å². The van der Waals surface area contributed by atoms with Crippen molar-refractivity contribution in [2.75, 3.05) is 5.32 Å². The summed E-state index contributed by atoms with van der Waals surface area (Å²) in [5.41, 5.74) is 5.41. The average molecular weight is 611 g/mol.